The summed E-state index contributed by atoms with van der Waals surface area (Å²) >= 11 is 5.85. The molecule has 1 unspecified atom stereocenters. The highest BCUT2D eigenvalue weighted by molar-refractivity contribution is 6.30. The number of rotatable bonds is 4. The van der Waals surface area contributed by atoms with E-state index in [9.17, 15) is 9.18 Å². The minimum Gasteiger partial charge on any atom is -0.484 e. The molecule has 1 aromatic heterocycles. The highest BCUT2D eigenvalue weighted by Gasteiger charge is 2.26. The van der Waals surface area contributed by atoms with Crippen LogP contribution >= 0.6 is 11.6 Å². The van der Waals surface area contributed by atoms with Gasteiger partial charge in [0, 0.05) is 40.6 Å². The molecule has 0 radical (unpaired) electrons. The number of halogens is 2. The molecular formula is C21H20ClFN2O2. The number of amides is 1. The van der Waals surface area contributed by atoms with Crippen molar-refractivity contribution in [2.24, 2.45) is 0 Å². The van der Waals surface area contributed by atoms with E-state index in [1.54, 1.807) is 30.3 Å². The van der Waals surface area contributed by atoms with E-state index < -0.39 is 0 Å². The zero-order valence-electron chi connectivity index (χ0n) is 14.8. The Balaban J connectivity index is 1.40. The molecule has 1 saturated heterocycles. The molecule has 0 aliphatic carbocycles. The van der Waals surface area contributed by atoms with E-state index in [2.05, 4.69) is 4.98 Å². The summed E-state index contributed by atoms with van der Waals surface area (Å²) in [6.07, 6.45) is 1.93. The number of nitrogens with one attached hydrogen (secondary N) is 1. The van der Waals surface area contributed by atoms with Crippen LogP contribution in [0.4, 0.5) is 4.39 Å². The highest BCUT2D eigenvalue weighted by atomic mass is 35.5. The molecule has 1 atom stereocenters. The Bertz CT molecular complexity index is 954. The molecule has 1 amide bonds. The monoisotopic (exact) mass is 386 g/mol. The summed E-state index contributed by atoms with van der Waals surface area (Å²) in [6.45, 7) is 1.37. The average molecular weight is 387 g/mol. The molecule has 27 heavy (non-hydrogen) atoms. The molecule has 140 valence electrons. The predicted molar refractivity (Wildman–Crippen MR) is 104 cm³/mol. The molecule has 1 aliphatic rings. The molecular weight excluding hydrogens is 367 g/mol. The van der Waals surface area contributed by atoms with Crippen LogP contribution in [-0.2, 0) is 4.79 Å². The maximum Gasteiger partial charge on any atom is 0.260 e. The van der Waals surface area contributed by atoms with Crippen molar-refractivity contribution in [3.05, 3.63) is 65.1 Å². The molecule has 0 spiro atoms. The van der Waals surface area contributed by atoms with Gasteiger partial charge in [0.25, 0.3) is 5.91 Å². The van der Waals surface area contributed by atoms with E-state index in [0.29, 0.717) is 17.3 Å². The Kier molecular flexibility index (Phi) is 5.03. The molecule has 0 bridgehead atoms. The number of aromatic amines is 1. The van der Waals surface area contributed by atoms with Crippen molar-refractivity contribution in [3.63, 3.8) is 0 Å². The number of likely N-dealkylation sites (tertiary alicyclic amines) is 1. The van der Waals surface area contributed by atoms with Gasteiger partial charge in [-0.1, -0.05) is 11.6 Å². The fourth-order valence-corrected chi connectivity index (χ4v) is 3.70. The molecule has 1 N–H and O–H groups in total. The smallest absolute Gasteiger partial charge is 0.260 e. The van der Waals surface area contributed by atoms with Gasteiger partial charge in [-0.3, -0.25) is 4.79 Å². The maximum atomic E-state index is 13.4. The summed E-state index contributed by atoms with van der Waals surface area (Å²) in [4.78, 5) is 17.8. The van der Waals surface area contributed by atoms with Crippen molar-refractivity contribution in [1.82, 2.24) is 9.88 Å². The van der Waals surface area contributed by atoms with Crippen LogP contribution in [-0.4, -0.2) is 35.5 Å². The first-order chi connectivity index (χ1) is 13.1. The number of carbonyl (C=O) groups excluding carboxylic acids is 1. The normalized spacial score (nSPS) is 17.3. The van der Waals surface area contributed by atoms with E-state index >= 15 is 0 Å². The van der Waals surface area contributed by atoms with Crippen LogP contribution in [0.2, 0.25) is 5.02 Å². The fraction of sp³-hybridized carbons (Fsp3) is 0.286. The first-order valence-electron chi connectivity index (χ1n) is 9.03. The molecule has 0 saturated carbocycles. The van der Waals surface area contributed by atoms with E-state index in [1.807, 2.05) is 11.0 Å². The Morgan fingerprint density at radius 3 is 2.85 bits per heavy atom. The SMILES string of the molecule is O=C(COc1ccc(Cl)cc1)N1CCCC(c2cc3cc(F)ccc3[nH]2)C1. The topological polar surface area (TPSA) is 45.3 Å². The highest BCUT2D eigenvalue weighted by Crippen LogP contribution is 2.29. The van der Waals surface area contributed by atoms with Crippen molar-refractivity contribution in [2.45, 2.75) is 18.8 Å². The van der Waals surface area contributed by atoms with Gasteiger partial charge in [0.1, 0.15) is 11.6 Å². The third-order valence-electron chi connectivity index (χ3n) is 4.99. The summed E-state index contributed by atoms with van der Waals surface area (Å²) in [7, 11) is 0. The third-order valence-corrected chi connectivity index (χ3v) is 5.25. The summed E-state index contributed by atoms with van der Waals surface area (Å²) in [5, 5.41) is 1.49. The number of hydrogen-bond acceptors (Lipinski definition) is 2. The summed E-state index contributed by atoms with van der Waals surface area (Å²) in [5.74, 6) is 0.567. The zero-order chi connectivity index (χ0) is 18.8. The van der Waals surface area contributed by atoms with Crippen molar-refractivity contribution in [2.75, 3.05) is 19.7 Å². The van der Waals surface area contributed by atoms with E-state index in [4.69, 9.17) is 16.3 Å². The molecule has 1 fully saturated rings. The quantitative estimate of drug-likeness (QED) is 0.703. The number of hydrogen-bond donors (Lipinski definition) is 1. The van der Waals surface area contributed by atoms with Crippen molar-refractivity contribution < 1.29 is 13.9 Å². The summed E-state index contributed by atoms with van der Waals surface area (Å²) < 4.78 is 19.0. The Morgan fingerprint density at radius 1 is 1.22 bits per heavy atom. The molecule has 2 aromatic carbocycles. The predicted octanol–water partition coefficient (Wildman–Crippen LogP) is 4.75. The van der Waals surface area contributed by atoms with Crippen LogP contribution in [0.5, 0.6) is 5.75 Å². The van der Waals surface area contributed by atoms with Crippen LogP contribution in [0, 0.1) is 5.82 Å². The molecule has 4 rings (SSSR count). The molecule has 6 heteroatoms. The number of H-pyrrole nitrogens is 1. The van der Waals surface area contributed by atoms with E-state index in [-0.39, 0.29) is 24.2 Å². The van der Waals surface area contributed by atoms with Gasteiger partial charge in [-0.2, -0.15) is 0 Å². The van der Waals surface area contributed by atoms with Crippen LogP contribution in [0.15, 0.2) is 48.5 Å². The lowest BCUT2D eigenvalue weighted by Gasteiger charge is -2.32. The fourth-order valence-electron chi connectivity index (χ4n) is 3.57. The van der Waals surface area contributed by atoms with Crippen molar-refractivity contribution in [1.29, 1.82) is 0 Å². The second kappa shape index (κ2) is 7.61. The summed E-state index contributed by atoms with van der Waals surface area (Å²) in [5.41, 5.74) is 1.97. The molecule has 3 aromatic rings. The van der Waals surface area contributed by atoms with E-state index in [0.717, 1.165) is 36.0 Å². The van der Waals surface area contributed by atoms with Crippen molar-refractivity contribution >= 4 is 28.4 Å². The van der Waals surface area contributed by atoms with Gasteiger partial charge >= 0.3 is 0 Å². The standard InChI is InChI=1S/C21H20ClFN2O2/c22-16-3-6-18(7-4-16)27-13-21(26)25-9-1-2-14(12-25)20-11-15-10-17(23)5-8-19(15)24-20/h3-8,10-11,14,24H,1-2,9,12-13H2. The number of ether oxygens (including phenoxy) is 1. The number of piperidine rings is 1. The van der Waals surface area contributed by atoms with Gasteiger partial charge in [0.2, 0.25) is 0 Å². The first-order valence-corrected chi connectivity index (χ1v) is 9.40. The molecule has 2 heterocycles. The second-order valence-corrected chi connectivity index (χ2v) is 7.31. The van der Waals surface area contributed by atoms with Gasteiger partial charge < -0.3 is 14.6 Å². The number of benzene rings is 2. The van der Waals surface area contributed by atoms with Crippen LogP contribution in [0.3, 0.4) is 0 Å². The third kappa shape index (κ3) is 4.08. The minimum atomic E-state index is -0.243. The van der Waals surface area contributed by atoms with E-state index in [1.165, 1.54) is 12.1 Å². The maximum absolute atomic E-state index is 13.4. The Labute approximate surface area is 161 Å². The number of nitrogens with zero attached hydrogens (tertiary/aromatic N) is 1. The summed E-state index contributed by atoms with van der Waals surface area (Å²) in [6, 6.07) is 13.7. The Hall–Kier alpha value is -2.53. The van der Waals surface area contributed by atoms with Gasteiger partial charge in [0.15, 0.2) is 6.61 Å². The van der Waals surface area contributed by atoms with Gasteiger partial charge in [-0.05, 0) is 61.4 Å². The Morgan fingerprint density at radius 2 is 2.04 bits per heavy atom. The van der Waals surface area contributed by atoms with Crippen LogP contribution in [0.1, 0.15) is 24.5 Å². The number of aromatic nitrogens is 1. The van der Waals surface area contributed by atoms with Crippen LogP contribution in [0.25, 0.3) is 10.9 Å². The molecule has 1 aliphatic heterocycles. The van der Waals surface area contributed by atoms with Crippen molar-refractivity contribution in [3.8, 4) is 5.75 Å². The largest absolute Gasteiger partial charge is 0.484 e. The van der Waals surface area contributed by atoms with Crippen LogP contribution < -0.4 is 4.74 Å². The number of carbonyl (C=O) groups is 1. The lowest BCUT2D eigenvalue weighted by atomic mass is 9.94. The minimum absolute atomic E-state index is 0.00622. The lowest BCUT2D eigenvalue weighted by Crippen LogP contribution is -2.41. The van der Waals surface area contributed by atoms with Gasteiger partial charge in [0.05, 0.1) is 0 Å². The average Bonchev–Trinajstić information content (AvgIpc) is 3.10. The number of fused-ring (bicyclic) bond motifs is 1. The van der Waals surface area contributed by atoms with Gasteiger partial charge in [-0.15, -0.1) is 0 Å². The second-order valence-electron chi connectivity index (χ2n) is 6.88. The zero-order valence-corrected chi connectivity index (χ0v) is 15.5. The lowest BCUT2D eigenvalue weighted by molar-refractivity contribution is -0.134. The first kappa shape index (κ1) is 17.9. The van der Waals surface area contributed by atoms with Gasteiger partial charge in [-0.25, -0.2) is 4.39 Å². The molecule has 4 nitrogen and oxygen atoms in total.